The minimum absolute atomic E-state index is 0.0235. The minimum Gasteiger partial charge on any atom is -0.394 e. The fraction of sp³-hybridized carbons (Fsp3) is 0.630. The number of halogens is 5. The first-order valence-electron chi connectivity index (χ1n) is 13.9. The molecule has 43 heavy (non-hydrogen) atoms. The Labute approximate surface area is 250 Å². The maximum atomic E-state index is 13.0. The van der Waals surface area contributed by atoms with E-state index in [0.29, 0.717) is 17.1 Å². The molecule has 1 aliphatic heterocycles. The molecule has 0 spiro atoms. The molecular formula is C27H34F5N3O6S2. The Bertz CT molecular complexity index is 1320. The Morgan fingerprint density at radius 2 is 1.84 bits per heavy atom. The van der Waals surface area contributed by atoms with E-state index in [9.17, 15) is 40.3 Å². The zero-order valence-corrected chi connectivity index (χ0v) is 24.9. The highest BCUT2D eigenvalue weighted by atomic mass is 32.2. The number of amides is 1. The van der Waals surface area contributed by atoms with Gasteiger partial charge in [0.15, 0.2) is 15.0 Å². The summed E-state index contributed by atoms with van der Waals surface area (Å²) in [6.07, 6.45) is -2.98. The zero-order chi connectivity index (χ0) is 31.4. The maximum absolute atomic E-state index is 13.0. The molecule has 1 aromatic carbocycles. The Morgan fingerprint density at radius 1 is 1.16 bits per heavy atom. The van der Waals surface area contributed by atoms with E-state index in [1.54, 1.807) is 4.90 Å². The van der Waals surface area contributed by atoms with E-state index in [1.807, 2.05) is 0 Å². The zero-order valence-electron chi connectivity index (χ0n) is 23.3. The van der Waals surface area contributed by atoms with E-state index < -0.39 is 59.2 Å². The summed E-state index contributed by atoms with van der Waals surface area (Å²) in [5, 5.41) is 12.9. The molecule has 3 atom stereocenters. The summed E-state index contributed by atoms with van der Waals surface area (Å²) >= 11 is 1.00. The third-order valence-corrected chi connectivity index (χ3v) is 10.6. The van der Waals surface area contributed by atoms with Crippen LogP contribution >= 0.6 is 11.3 Å². The van der Waals surface area contributed by atoms with Crippen LogP contribution in [0.2, 0.25) is 0 Å². The first-order chi connectivity index (χ1) is 20.3. The van der Waals surface area contributed by atoms with Gasteiger partial charge in [0.25, 0.3) is 5.91 Å². The van der Waals surface area contributed by atoms with E-state index >= 15 is 0 Å². The number of benzene rings is 1. The number of nitrogens with one attached hydrogen (secondary N) is 1. The van der Waals surface area contributed by atoms with E-state index in [0.717, 1.165) is 11.3 Å². The van der Waals surface area contributed by atoms with E-state index in [-0.39, 0.29) is 60.5 Å². The molecule has 2 N–H and O–H groups in total. The van der Waals surface area contributed by atoms with Crippen LogP contribution in [0.15, 0.2) is 35.4 Å². The number of aliphatic hydroxyl groups is 1. The van der Waals surface area contributed by atoms with Crippen molar-refractivity contribution in [2.24, 2.45) is 5.92 Å². The van der Waals surface area contributed by atoms with Gasteiger partial charge < -0.3 is 24.8 Å². The fourth-order valence-electron chi connectivity index (χ4n) is 5.39. The standard InChI is InChI=1S/C27H34F5N3O6S2/c1-2-43(38,39)21-9-3-16(4-10-21)22(14-36)34-24(37)23-12-33-26(42-23)35-13-20(11-18(35)15-40-25(28)29)41-19-7-5-17(6-8-19)27(30,31)32/h3-4,9-10,12,17-20,22,25,36H,2,5-8,11,13-15H2,1H3,(H,34,37)/t17?,18-,19?,20-,22-/m0/s1. The van der Waals surface area contributed by atoms with Gasteiger partial charge >= 0.3 is 12.8 Å². The fourth-order valence-corrected chi connectivity index (χ4v) is 7.17. The molecule has 2 fully saturated rings. The van der Waals surface area contributed by atoms with Gasteiger partial charge in [-0.05, 0) is 49.8 Å². The van der Waals surface area contributed by atoms with E-state index in [2.05, 4.69) is 15.0 Å². The largest absolute Gasteiger partial charge is 0.394 e. The molecule has 1 saturated heterocycles. The number of carbonyl (C=O) groups excluding carboxylic acids is 1. The number of carbonyl (C=O) groups is 1. The van der Waals surface area contributed by atoms with Crippen LogP contribution in [-0.4, -0.2) is 81.0 Å². The van der Waals surface area contributed by atoms with Gasteiger partial charge in [-0.2, -0.15) is 22.0 Å². The van der Waals surface area contributed by atoms with Gasteiger partial charge in [-0.25, -0.2) is 13.4 Å². The second-order valence-corrected chi connectivity index (χ2v) is 13.9. The Kier molecular flexibility index (Phi) is 11.0. The van der Waals surface area contributed by atoms with Crippen molar-refractivity contribution in [3.8, 4) is 0 Å². The lowest BCUT2D eigenvalue weighted by atomic mass is 9.87. The monoisotopic (exact) mass is 655 g/mol. The van der Waals surface area contributed by atoms with Crippen molar-refractivity contribution in [1.29, 1.82) is 0 Å². The smallest absolute Gasteiger partial charge is 0.391 e. The number of thiazole rings is 1. The summed E-state index contributed by atoms with van der Waals surface area (Å²) in [5.41, 5.74) is 0.489. The maximum Gasteiger partial charge on any atom is 0.391 e. The minimum atomic E-state index is -4.23. The van der Waals surface area contributed by atoms with Gasteiger partial charge in [-0.15, -0.1) is 0 Å². The molecule has 2 heterocycles. The molecule has 0 radical (unpaired) electrons. The number of rotatable bonds is 12. The number of nitrogens with zero attached hydrogens (tertiary/aromatic N) is 2. The molecule has 1 amide bonds. The second-order valence-electron chi connectivity index (χ2n) is 10.6. The van der Waals surface area contributed by atoms with Crippen LogP contribution in [0.5, 0.6) is 0 Å². The Morgan fingerprint density at radius 3 is 2.42 bits per heavy atom. The molecule has 0 unspecified atom stereocenters. The predicted molar refractivity (Wildman–Crippen MR) is 148 cm³/mol. The summed E-state index contributed by atoms with van der Waals surface area (Å²) < 4.78 is 99.5. The van der Waals surface area contributed by atoms with Crippen molar-refractivity contribution in [3.05, 3.63) is 40.9 Å². The highest BCUT2D eigenvalue weighted by Gasteiger charge is 2.43. The van der Waals surface area contributed by atoms with Gasteiger partial charge in [-0.3, -0.25) is 4.79 Å². The molecule has 9 nitrogen and oxygen atoms in total. The van der Waals surface area contributed by atoms with Gasteiger partial charge in [0.1, 0.15) is 4.88 Å². The average molecular weight is 656 g/mol. The SMILES string of the molecule is CCS(=O)(=O)c1ccc([C@H](CO)NC(=O)c2cnc(N3C[C@@H](OC4CCC(C(F)(F)F)CC4)C[C@H]3COC(F)F)s2)cc1. The first kappa shape index (κ1) is 33.5. The van der Waals surface area contributed by atoms with Crippen LogP contribution in [0.1, 0.15) is 60.3 Å². The molecule has 2 aliphatic rings. The van der Waals surface area contributed by atoms with E-state index in [4.69, 9.17) is 4.74 Å². The number of ether oxygens (including phenoxy) is 2. The molecular weight excluding hydrogens is 621 g/mol. The van der Waals surface area contributed by atoms with Gasteiger partial charge in [0, 0.05) is 6.54 Å². The summed E-state index contributed by atoms with van der Waals surface area (Å²) in [7, 11) is -3.41. The molecule has 1 saturated carbocycles. The van der Waals surface area contributed by atoms with Crippen molar-refractivity contribution in [3.63, 3.8) is 0 Å². The lowest BCUT2D eigenvalue weighted by Crippen LogP contribution is -2.34. The van der Waals surface area contributed by atoms with Crippen LogP contribution in [0.4, 0.5) is 27.1 Å². The molecule has 2 aromatic rings. The van der Waals surface area contributed by atoms with Crippen LogP contribution in [0.3, 0.4) is 0 Å². The number of aliphatic hydroxyl groups excluding tert-OH is 1. The average Bonchev–Trinajstić information content (AvgIpc) is 3.62. The third-order valence-electron chi connectivity index (χ3n) is 7.79. The lowest BCUT2D eigenvalue weighted by Gasteiger charge is -2.31. The number of alkyl halides is 5. The quantitative estimate of drug-likeness (QED) is 0.316. The normalized spacial score (nSPS) is 24.0. The van der Waals surface area contributed by atoms with Crippen molar-refractivity contribution >= 4 is 32.2 Å². The highest BCUT2D eigenvalue weighted by molar-refractivity contribution is 7.91. The number of sulfone groups is 1. The first-order valence-corrected chi connectivity index (χ1v) is 16.4. The number of hydrogen-bond acceptors (Lipinski definition) is 9. The van der Waals surface area contributed by atoms with Crippen molar-refractivity contribution < 1.29 is 49.7 Å². The topological polar surface area (TPSA) is 118 Å². The number of hydrogen-bond donors (Lipinski definition) is 2. The second kappa shape index (κ2) is 14.1. The Balaban J connectivity index is 1.40. The van der Waals surface area contributed by atoms with Crippen molar-refractivity contribution in [1.82, 2.24) is 10.3 Å². The van der Waals surface area contributed by atoms with Crippen molar-refractivity contribution in [2.75, 3.05) is 30.4 Å². The van der Waals surface area contributed by atoms with Crippen LogP contribution in [0.25, 0.3) is 0 Å². The lowest BCUT2D eigenvalue weighted by molar-refractivity contribution is -0.189. The van der Waals surface area contributed by atoms with Crippen molar-refractivity contribution in [2.45, 2.75) is 81.0 Å². The number of anilines is 1. The molecule has 1 aromatic heterocycles. The van der Waals surface area contributed by atoms with E-state index in [1.165, 1.54) is 37.4 Å². The highest BCUT2D eigenvalue weighted by Crippen LogP contribution is 2.39. The third kappa shape index (κ3) is 8.62. The predicted octanol–water partition coefficient (Wildman–Crippen LogP) is 4.72. The van der Waals surface area contributed by atoms with Gasteiger partial charge in [-0.1, -0.05) is 30.4 Å². The Hall–Kier alpha value is -2.40. The molecule has 240 valence electrons. The summed E-state index contributed by atoms with van der Waals surface area (Å²) in [6.45, 7) is -2.03. The van der Waals surface area contributed by atoms with Gasteiger partial charge in [0.2, 0.25) is 0 Å². The summed E-state index contributed by atoms with van der Waals surface area (Å²) in [6, 6.07) is 4.44. The number of aromatic nitrogens is 1. The van der Waals surface area contributed by atoms with Crippen LogP contribution < -0.4 is 10.2 Å². The molecule has 1 aliphatic carbocycles. The summed E-state index contributed by atoms with van der Waals surface area (Å²) in [5.74, 6) is -1.97. The summed E-state index contributed by atoms with van der Waals surface area (Å²) in [4.78, 5) is 19.3. The molecule has 0 bridgehead atoms. The molecule has 4 rings (SSSR count). The van der Waals surface area contributed by atoms with Crippen LogP contribution in [-0.2, 0) is 19.3 Å². The van der Waals surface area contributed by atoms with Gasteiger partial charge in [0.05, 0.1) is 60.3 Å². The van der Waals surface area contributed by atoms with Crippen LogP contribution in [0, 0.1) is 5.92 Å². The molecule has 16 heteroatoms.